The number of nitrogens with zero attached hydrogens (tertiary/aromatic N) is 3. The fourth-order valence-corrected chi connectivity index (χ4v) is 2.54. The molecule has 0 unspecified atom stereocenters. The van der Waals surface area contributed by atoms with Gasteiger partial charge >= 0.3 is 6.09 Å². The summed E-state index contributed by atoms with van der Waals surface area (Å²) < 4.78 is 5.33. The molecule has 2 rings (SSSR count). The number of aryl methyl sites for hydroxylation is 1. The van der Waals surface area contributed by atoms with Crippen LogP contribution in [0.3, 0.4) is 0 Å². The molecular weight excluding hydrogens is 326 g/mol. The molecule has 25 heavy (non-hydrogen) atoms. The summed E-state index contributed by atoms with van der Waals surface area (Å²) in [6.45, 7) is 8.61. The number of carbonyl (C=O) groups is 2. The number of carbonyl (C=O) groups excluding carboxylic acids is 2. The van der Waals surface area contributed by atoms with E-state index in [0.29, 0.717) is 37.3 Å². The van der Waals surface area contributed by atoms with Crippen LogP contribution < -0.4 is 0 Å². The summed E-state index contributed by atoms with van der Waals surface area (Å²) in [6, 6.07) is 4.26. The number of rotatable bonds is 2. The molecule has 8 nitrogen and oxygen atoms in total. The standard InChI is InChI=1S/C17H23N3O5/c1-12-5-6-13(20(23)24)11-14(12)15(21)18-7-9-19(10-8-18)16(22)25-17(2,3)4/h5-6,11H,7-10H2,1-4H3. The number of ether oxygens (including phenoxy) is 1. The van der Waals surface area contributed by atoms with E-state index in [0.717, 1.165) is 0 Å². The van der Waals surface area contributed by atoms with Crippen LogP contribution in [-0.4, -0.2) is 58.5 Å². The van der Waals surface area contributed by atoms with Gasteiger partial charge in [0.1, 0.15) is 5.60 Å². The number of benzene rings is 1. The van der Waals surface area contributed by atoms with Crippen LogP contribution in [0.2, 0.25) is 0 Å². The molecule has 1 aliphatic heterocycles. The summed E-state index contributed by atoms with van der Waals surface area (Å²) in [5, 5.41) is 10.9. The fraction of sp³-hybridized carbons (Fsp3) is 0.529. The van der Waals surface area contributed by atoms with Crippen LogP contribution in [0.25, 0.3) is 0 Å². The van der Waals surface area contributed by atoms with Crippen LogP contribution in [0.1, 0.15) is 36.7 Å². The molecule has 1 fully saturated rings. The molecule has 0 bridgehead atoms. The van der Waals surface area contributed by atoms with Crippen LogP contribution in [0.4, 0.5) is 10.5 Å². The minimum absolute atomic E-state index is 0.110. The molecule has 1 aromatic carbocycles. The highest BCUT2D eigenvalue weighted by atomic mass is 16.6. The maximum Gasteiger partial charge on any atom is 0.410 e. The molecule has 0 N–H and O–H groups in total. The molecule has 0 radical (unpaired) electrons. The third-order valence-corrected chi connectivity index (χ3v) is 3.88. The molecule has 0 aliphatic carbocycles. The van der Waals surface area contributed by atoms with Crippen molar-refractivity contribution in [3.63, 3.8) is 0 Å². The molecule has 1 aliphatic rings. The molecule has 0 aromatic heterocycles. The predicted molar refractivity (Wildman–Crippen MR) is 91.5 cm³/mol. The first-order valence-electron chi connectivity index (χ1n) is 8.11. The van der Waals surface area contributed by atoms with Crippen molar-refractivity contribution in [3.05, 3.63) is 39.4 Å². The van der Waals surface area contributed by atoms with Crippen molar-refractivity contribution in [1.82, 2.24) is 9.80 Å². The lowest BCUT2D eigenvalue weighted by atomic mass is 10.1. The number of nitro groups is 1. The summed E-state index contributed by atoms with van der Waals surface area (Å²) in [5.41, 5.74) is 0.329. The average molecular weight is 349 g/mol. The van der Waals surface area contributed by atoms with Gasteiger partial charge in [-0.3, -0.25) is 14.9 Å². The molecule has 1 aromatic rings. The smallest absolute Gasteiger partial charge is 0.410 e. The third kappa shape index (κ3) is 4.68. The van der Waals surface area contributed by atoms with Crippen LogP contribution in [0, 0.1) is 17.0 Å². The molecule has 8 heteroatoms. The van der Waals surface area contributed by atoms with E-state index in [9.17, 15) is 19.7 Å². The summed E-state index contributed by atoms with van der Waals surface area (Å²) >= 11 is 0. The second kappa shape index (κ2) is 7.08. The molecule has 1 saturated heterocycles. The van der Waals surface area contributed by atoms with Gasteiger partial charge in [0.15, 0.2) is 0 Å². The number of hydrogen-bond donors (Lipinski definition) is 0. The van der Waals surface area contributed by atoms with E-state index in [-0.39, 0.29) is 11.6 Å². The Kier molecular flexibility index (Phi) is 5.30. The first-order valence-corrected chi connectivity index (χ1v) is 8.11. The van der Waals surface area contributed by atoms with Crippen molar-refractivity contribution < 1.29 is 19.2 Å². The van der Waals surface area contributed by atoms with Gasteiger partial charge in [0, 0.05) is 43.9 Å². The van der Waals surface area contributed by atoms with E-state index >= 15 is 0 Å². The zero-order valence-corrected chi connectivity index (χ0v) is 14.9. The number of non-ortho nitro benzene ring substituents is 1. The summed E-state index contributed by atoms with van der Waals surface area (Å²) in [6.07, 6.45) is -0.397. The van der Waals surface area contributed by atoms with E-state index in [1.807, 2.05) is 0 Å². The average Bonchev–Trinajstić information content (AvgIpc) is 2.53. The Balaban J connectivity index is 2.03. The van der Waals surface area contributed by atoms with Gasteiger partial charge in [-0.25, -0.2) is 4.79 Å². The predicted octanol–water partition coefficient (Wildman–Crippen LogP) is 2.60. The van der Waals surface area contributed by atoms with Crippen molar-refractivity contribution in [3.8, 4) is 0 Å². The van der Waals surface area contributed by atoms with Crippen LogP contribution in [0.5, 0.6) is 0 Å². The number of piperazine rings is 1. The van der Waals surface area contributed by atoms with Crippen LogP contribution >= 0.6 is 0 Å². The Morgan fingerprint density at radius 3 is 2.20 bits per heavy atom. The van der Waals surface area contributed by atoms with Crippen molar-refractivity contribution in [2.45, 2.75) is 33.3 Å². The first-order chi connectivity index (χ1) is 11.6. The van der Waals surface area contributed by atoms with E-state index in [1.165, 1.54) is 12.1 Å². The van der Waals surface area contributed by atoms with Crippen molar-refractivity contribution in [1.29, 1.82) is 0 Å². The molecule has 0 saturated carbocycles. The largest absolute Gasteiger partial charge is 0.444 e. The monoisotopic (exact) mass is 349 g/mol. The van der Waals surface area contributed by atoms with E-state index in [1.54, 1.807) is 43.6 Å². The second-order valence-electron chi connectivity index (χ2n) is 7.02. The highest BCUT2D eigenvalue weighted by molar-refractivity contribution is 5.96. The normalized spacial score (nSPS) is 15.0. The molecule has 136 valence electrons. The first kappa shape index (κ1) is 18.7. The van der Waals surface area contributed by atoms with Gasteiger partial charge in [-0.1, -0.05) is 6.07 Å². The van der Waals surface area contributed by atoms with Crippen molar-refractivity contribution in [2.24, 2.45) is 0 Å². The van der Waals surface area contributed by atoms with E-state index in [2.05, 4.69) is 0 Å². The minimum Gasteiger partial charge on any atom is -0.444 e. The summed E-state index contributed by atoms with van der Waals surface area (Å²) in [5.74, 6) is -0.259. The highest BCUT2D eigenvalue weighted by Gasteiger charge is 2.29. The Hall–Kier alpha value is -2.64. The fourth-order valence-electron chi connectivity index (χ4n) is 2.54. The number of hydrogen-bond acceptors (Lipinski definition) is 5. The van der Waals surface area contributed by atoms with Crippen molar-refractivity contribution >= 4 is 17.7 Å². The van der Waals surface area contributed by atoms with Crippen LogP contribution in [-0.2, 0) is 4.74 Å². The third-order valence-electron chi connectivity index (χ3n) is 3.88. The van der Waals surface area contributed by atoms with Gasteiger partial charge in [-0.2, -0.15) is 0 Å². The maximum absolute atomic E-state index is 12.7. The van der Waals surface area contributed by atoms with E-state index < -0.39 is 16.6 Å². The molecule has 2 amide bonds. The lowest BCUT2D eigenvalue weighted by Gasteiger charge is -2.35. The Labute approximate surface area is 146 Å². The zero-order valence-electron chi connectivity index (χ0n) is 14.9. The van der Waals surface area contributed by atoms with Crippen LogP contribution in [0.15, 0.2) is 18.2 Å². The Bertz CT molecular complexity index is 688. The maximum atomic E-state index is 12.7. The zero-order chi connectivity index (χ0) is 18.8. The number of amides is 2. The van der Waals surface area contributed by atoms with Gasteiger partial charge in [0.25, 0.3) is 11.6 Å². The van der Waals surface area contributed by atoms with Gasteiger partial charge in [0.05, 0.1) is 4.92 Å². The van der Waals surface area contributed by atoms with E-state index in [4.69, 9.17) is 4.74 Å². The van der Waals surface area contributed by atoms with Gasteiger partial charge in [-0.05, 0) is 33.3 Å². The lowest BCUT2D eigenvalue weighted by molar-refractivity contribution is -0.384. The minimum atomic E-state index is -0.565. The second-order valence-corrected chi connectivity index (χ2v) is 7.02. The number of nitro benzene ring substituents is 1. The SMILES string of the molecule is Cc1ccc([N+](=O)[O-])cc1C(=O)N1CCN(C(=O)OC(C)(C)C)CC1. The lowest BCUT2D eigenvalue weighted by Crippen LogP contribution is -2.51. The topological polar surface area (TPSA) is 93.0 Å². The molecular formula is C17H23N3O5. The van der Waals surface area contributed by atoms with Crippen molar-refractivity contribution in [2.75, 3.05) is 26.2 Å². The van der Waals surface area contributed by atoms with Gasteiger partial charge in [0.2, 0.25) is 0 Å². The Morgan fingerprint density at radius 1 is 1.12 bits per heavy atom. The Morgan fingerprint density at radius 2 is 1.68 bits per heavy atom. The molecule has 0 spiro atoms. The van der Waals surface area contributed by atoms with Gasteiger partial charge < -0.3 is 14.5 Å². The summed E-state index contributed by atoms with van der Waals surface area (Å²) in [4.78, 5) is 38.3. The summed E-state index contributed by atoms with van der Waals surface area (Å²) in [7, 11) is 0. The highest BCUT2D eigenvalue weighted by Crippen LogP contribution is 2.20. The molecule has 0 atom stereocenters. The van der Waals surface area contributed by atoms with Gasteiger partial charge in [-0.15, -0.1) is 0 Å². The molecule has 1 heterocycles. The quantitative estimate of drug-likeness (QED) is 0.604.